The molecule has 0 bridgehead atoms. The Morgan fingerprint density at radius 1 is 1.19 bits per heavy atom. The summed E-state index contributed by atoms with van der Waals surface area (Å²) in [7, 11) is 0. The number of aromatic hydroxyl groups is 1. The topological polar surface area (TPSA) is 20.2 Å². The third kappa shape index (κ3) is 5.93. The summed E-state index contributed by atoms with van der Waals surface area (Å²) in [5.74, 6) is 1.16. The van der Waals surface area contributed by atoms with Gasteiger partial charge in [0.15, 0.2) is 0 Å². The molecule has 16 heavy (non-hydrogen) atoms. The Morgan fingerprint density at radius 2 is 1.81 bits per heavy atom. The maximum Gasteiger partial charge on any atom is 1.00 e. The smallest absolute Gasteiger partial charge is 1.00 e. The van der Waals surface area contributed by atoms with Gasteiger partial charge in [-0.15, -0.1) is 0 Å². The molecule has 0 aliphatic heterocycles. The first-order valence-corrected chi connectivity index (χ1v) is 6.04. The van der Waals surface area contributed by atoms with E-state index in [2.05, 4.69) is 13.8 Å². The van der Waals surface area contributed by atoms with E-state index in [1.165, 1.54) is 31.2 Å². The number of phenols is 1. The maximum absolute atomic E-state index is 9.19. The second-order valence-electron chi connectivity index (χ2n) is 4.29. The molecule has 0 fully saturated rings. The van der Waals surface area contributed by atoms with Crippen molar-refractivity contribution in [3.8, 4) is 5.75 Å². The summed E-state index contributed by atoms with van der Waals surface area (Å²) in [6.45, 7) is 4.51. The van der Waals surface area contributed by atoms with Gasteiger partial charge >= 0.3 is 29.6 Å². The molecular formula is C14H23NaO. The van der Waals surface area contributed by atoms with Crippen molar-refractivity contribution in [2.24, 2.45) is 5.92 Å². The van der Waals surface area contributed by atoms with Crippen LogP contribution in [-0.4, -0.2) is 5.11 Å². The first-order chi connectivity index (χ1) is 7.26. The molecule has 0 radical (unpaired) electrons. The second kappa shape index (κ2) is 9.09. The normalized spacial score (nSPS) is 11.9. The fourth-order valence-electron chi connectivity index (χ4n) is 1.91. The van der Waals surface area contributed by atoms with Crippen molar-refractivity contribution in [2.75, 3.05) is 0 Å². The van der Waals surface area contributed by atoms with E-state index in [4.69, 9.17) is 0 Å². The van der Waals surface area contributed by atoms with Crippen LogP contribution < -0.4 is 29.6 Å². The minimum Gasteiger partial charge on any atom is -1.00 e. The van der Waals surface area contributed by atoms with E-state index < -0.39 is 0 Å². The monoisotopic (exact) mass is 230 g/mol. The summed E-state index contributed by atoms with van der Waals surface area (Å²) in [6.07, 6.45) is 6.34. The van der Waals surface area contributed by atoms with E-state index >= 15 is 0 Å². The van der Waals surface area contributed by atoms with Gasteiger partial charge in [0.05, 0.1) is 0 Å². The molecule has 1 atom stereocenters. The zero-order chi connectivity index (χ0) is 11.1. The van der Waals surface area contributed by atoms with Crippen molar-refractivity contribution in [3.05, 3.63) is 29.8 Å². The molecule has 0 saturated carbocycles. The van der Waals surface area contributed by atoms with Crippen molar-refractivity contribution in [1.29, 1.82) is 0 Å². The summed E-state index contributed by atoms with van der Waals surface area (Å²) >= 11 is 0. The summed E-state index contributed by atoms with van der Waals surface area (Å²) in [4.78, 5) is 0. The van der Waals surface area contributed by atoms with Gasteiger partial charge in [0.2, 0.25) is 0 Å². The van der Waals surface area contributed by atoms with Gasteiger partial charge in [-0.05, 0) is 30.0 Å². The van der Waals surface area contributed by atoms with Crippen LogP contribution in [0.5, 0.6) is 5.75 Å². The average molecular weight is 230 g/mol. The molecule has 0 aromatic heterocycles. The number of unbranched alkanes of at least 4 members (excludes halogenated alkanes) is 1. The Hall–Kier alpha value is 0.0200. The van der Waals surface area contributed by atoms with Gasteiger partial charge < -0.3 is 6.53 Å². The zero-order valence-corrected chi connectivity index (χ0v) is 12.9. The van der Waals surface area contributed by atoms with Gasteiger partial charge in [-0.3, -0.25) is 0 Å². The number of benzene rings is 1. The molecule has 86 valence electrons. The first-order valence-electron chi connectivity index (χ1n) is 6.04. The van der Waals surface area contributed by atoms with Crippen LogP contribution in [0.1, 0.15) is 46.5 Å². The molecule has 1 aromatic rings. The van der Waals surface area contributed by atoms with Crippen molar-refractivity contribution < 1.29 is 36.1 Å². The Bertz CT molecular complexity index is 274. The van der Waals surface area contributed by atoms with Crippen LogP contribution in [0.3, 0.4) is 0 Å². The van der Waals surface area contributed by atoms with Crippen LogP contribution in [0.25, 0.3) is 0 Å². The molecule has 1 rings (SSSR count). The molecular weight excluding hydrogens is 207 g/mol. The van der Waals surface area contributed by atoms with Crippen LogP contribution in [0.2, 0.25) is 0 Å². The summed E-state index contributed by atoms with van der Waals surface area (Å²) in [6, 6.07) is 7.62. The second-order valence-corrected chi connectivity index (χ2v) is 4.29. The van der Waals surface area contributed by atoms with Crippen LogP contribution in [0.4, 0.5) is 0 Å². The van der Waals surface area contributed by atoms with Crippen molar-refractivity contribution in [2.45, 2.75) is 46.0 Å². The molecule has 0 aliphatic carbocycles. The number of phenolic OH excluding ortho intramolecular Hbond substituents is 1. The van der Waals surface area contributed by atoms with Crippen molar-refractivity contribution >= 4 is 0 Å². The molecule has 0 saturated heterocycles. The average Bonchev–Trinajstić information content (AvgIpc) is 2.27. The van der Waals surface area contributed by atoms with Gasteiger partial charge in [-0.2, -0.15) is 0 Å². The van der Waals surface area contributed by atoms with Crippen LogP contribution >= 0.6 is 0 Å². The van der Waals surface area contributed by atoms with E-state index in [1.54, 1.807) is 12.1 Å². The molecule has 0 amide bonds. The SMILES string of the molecule is CCCCC(CC)Cc1ccc(O)cc1.[H-].[Na+]. The van der Waals surface area contributed by atoms with E-state index in [9.17, 15) is 5.11 Å². The minimum absolute atomic E-state index is 0. The third-order valence-corrected chi connectivity index (χ3v) is 3.00. The quantitative estimate of drug-likeness (QED) is 0.730. The van der Waals surface area contributed by atoms with E-state index in [0.29, 0.717) is 5.75 Å². The number of hydrogen-bond acceptors (Lipinski definition) is 1. The minimum atomic E-state index is 0. The van der Waals surface area contributed by atoms with Gasteiger partial charge in [-0.1, -0.05) is 51.7 Å². The van der Waals surface area contributed by atoms with Gasteiger partial charge in [0.25, 0.3) is 0 Å². The van der Waals surface area contributed by atoms with Crippen molar-refractivity contribution in [3.63, 3.8) is 0 Å². The molecule has 1 nitrogen and oxygen atoms in total. The molecule has 2 heteroatoms. The molecule has 0 aliphatic rings. The number of rotatable bonds is 6. The molecule has 1 unspecified atom stereocenters. The van der Waals surface area contributed by atoms with Crippen LogP contribution in [0.15, 0.2) is 24.3 Å². The predicted molar refractivity (Wildman–Crippen MR) is 66.2 cm³/mol. The Kier molecular flexibility index (Phi) is 9.10. The van der Waals surface area contributed by atoms with Crippen LogP contribution in [0, 0.1) is 5.92 Å². The maximum atomic E-state index is 9.19. The van der Waals surface area contributed by atoms with Gasteiger partial charge in [-0.25, -0.2) is 0 Å². The van der Waals surface area contributed by atoms with Gasteiger partial charge in [0.1, 0.15) is 5.75 Å². The largest absolute Gasteiger partial charge is 1.00 e. The number of hydrogen-bond donors (Lipinski definition) is 1. The van der Waals surface area contributed by atoms with Gasteiger partial charge in [0, 0.05) is 0 Å². The predicted octanol–water partition coefficient (Wildman–Crippen LogP) is 1.27. The fourth-order valence-corrected chi connectivity index (χ4v) is 1.91. The molecule has 0 spiro atoms. The summed E-state index contributed by atoms with van der Waals surface area (Å²) < 4.78 is 0. The van der Waals surface area contributed by atoms with E-state index in [1.807, 2.05) is 12.1 Å². The van der Waals surface area contributed by atoms with E-state index in [0.717, 1.165) is 12.3 Å². The Labute approximate surface area is 123 Å². The first kappa shape index (κ1) is 16.0. The zero-order valence-electron chi connectivity index (χ0n) is 11.9. The third-order valence-electron chi connectivity index (χ3n) is 3.00. The van der Waals surface area contributed by atoms with Crippen LogP contribution in [-0.2, 0) is 6.42 Å². The Morgan fingerprint density at radius 3 is 2.31 bits per heavy atom. The van der Waals surface area contributed by atoms with E-state index in [-0.39, 0.29) is 31.0 Å². The fraction of sp³-hybridized carbons (Fsp3) is 0.571. The molecule has 1 aromatic carbocycles. The molecule has 1 N–H and O–H groups in total. The summed E-state index contributed by atoms with van der Waals surface area (Å²) in [5, 5.41) is 9.19. The summed E-state index contributed by atoms with van der Waals surface area (Å²) in [5.41, 5.74) is 1.34. The molecule has 0 heterocycles. The standard InChI is InChI=1S/C14H22O.Na.H/c1-3-5-6-12(4-2)11-13-7-9-14(15)10-8-13;;/h7-10,12,15H,3-6,11H2,1-2H3;;/q;+1;-1. The van der Waals surface area contributed by atoms with Crippen molar-refractivity contribution in [1.82, 2.24) is 0 Å². The Balaban J connectivity index is 0.